The molecular formula is C11H15IO. The molecule has 0 N–H and O–H groups in total. The molecule has 0 spiro atoms. The molecule has 0 aromatic heterocycles. The van der Waals surface area contributed by atoms with Crippen LogP contribution in [-0.4, -0.2) is 11.5 Å². The van der Waals surface area contributed by atoms with Crippen LogP contribution in [0.4, 0.5) is 0 Å². The van der Waals surface area contributed by atoms with Crippen LogP contribution in [0.3, 0.4) is 0 Å². The van der Waals surface area contributed by atoms with Gasteiger partial charge in [0.05, 0.1) is 7.11 Å². The third-order valence-electron chi connectivity index (χ3n) is 2.21. The van der Waals surface area contributed by atoms with E-state index in [-0.39, 0.29) is 5.41 Å². The van der Waals surface area contributed by atoms with Crippen LogP contribution in [0.15, 0.2) is 24.3 Å². The van der Waals surface area contributed by atoms with Gasteiger partial charge in [-0.3, -0.25) is 0 Å². The van der Waals surface area contributed by atoms with Gasteiger partial charge in [0, 0.05) is 4.43 Å². The summed E-state index contributed by atoms with van der Waals surface area (Å²) in [5.41, 5.74) is 1.62. The van der Waals surface area contributed by atoms with E-state index in [1.807, 2.05) is 12.1 Å². The van der Waals surface area contributed by atoms with Crippen LogP contribution in [-0.2, 0) is 5.41 Å². The molecule has 0 bridgehead atoms. The average Bonchev–Trinajstić information content (AvgIpc) is 2.18. The molecule has 1 aromatic rings. The van der Waals surface area contributed by atoms with Gasteiger partial charge in [-0.05, 0) is 23.1 Å². The van der Waals surface area contributed by atoms with Gasteiger partial charge < -0.3 is 4.74 Å². The number of hydrogen-bond acceptors (Lipinski definition) is 1. The highest BCUT2D eigenvalue weighted by atomic mass is 127. The molecule has 0 aliphatic heterocycles. The van der Waals surface area contributed by atoms with Crippen molar-refractivity contribution in [2.24, 2.45) is 0 Å². The first-order chi connectivity index (χ1) is 6.10. The summed E-state index contributed by atoms with van der Waals surface area (Å²) < 4.78 is 6.24. The van der Waals surface area contributed by atoms with Gasteiger partial charge in [0.1, 0.15) is 5.75 Å². The fraction of sp³-hybridized carbons (Fsp3) is 0.455. The van der Waals surface area contributed by atoms with Crippen LogP contribution in [0.25, 0.3) is 0 Å². The molecule has 0 aliphatic rings. The summed E-state index contributed by atoms with van der Waals surface area (Å²) in [6.45, 7) is 4.50. The maximum absolute atomic E-state index is 5.11. The van der Waals surface area contributed by atoms with Gasteiger partial charge >= 0.3 is 0 Å². The van der Waals surface area contributed by atoms with E-state index in [1.54, 1.807) is 7.11 Å². The van der Waals surface area contributed by atoms with Crippen LogP contribution in [0.5, 0.6) is 5.75 Å². The van der Waals surface area contributed by atoms with Gasteiger partial charge in [0.15, 0.2) is 0 Å². The monoisotopic (exact) mass is 290 g/mol. The first-order valence-corrected chi connectivity index (χ1v) is 5.83. The van der Waals surface area contributed by atoms with Gasteiger partial charge in [-0.15, -0.1) is 0 Å². The van der Waals surface area contributed by atoms with Crippen LogP contribution < -0.4 is 4.74 Å². The zero-order valence-corrected chi connectivity index (χ0v) is 10.5. The summed E-state index contributed by atoms with van der Waals surface area (Å²) in [6.07, 6.45) is 0. The molecule has 0 heterocycles. The fourth-order valence-electron chi connectivity index (χ4n) is 1.12. The Bertz CT molecular complexity index is 264. The highest BCUT2D eigenvalue weighted by molar-refractivity contribution is 14.1. The average molecular weight is 290 g/mol. The lowest BCUT2D eigenvalue weighted by molar-refractivity contribution is 0.414. The van der Waals surface area contributed by atoms with Gasteiger partial charge in [0.2, 0.25) is 0 Å². The third kappa shape index (κ3) is 2.59. The van der Waals surface area contributed by atoms with Crippen LogP contribution in [0.1, 0.15) is 19.4 Å². The highest BCUT2D eigenvalue weighted by Crippen LogP contribution is 2.26. The van der Waals surface area contributed by atoms with Crippen molar-refractivity contribution in [3.8, 4) is 5.75 Å². The summed E-state index contributed by atoms with van der Waals surface area (Å²) in [5, 5.41) is 0. The number of alkyl halides is 1. The second kappa shape index (κ2) is 4.31. The second-order valence-electron chi connectivity index (χ2n) is 3.75. The molecule has 1 rings (SSSR count). The normalized spacial score (nSPS) is 11.4. The molecule has 0 unspecified atom stereocenters. The maximum atomic E-state index is 5.11. The molecule has 0 saturated heterocycles. The molecule has 0 fully saturated rings. The standard InChI is InChI=1S/C11H15IO/c1-11(2,8-12)9-4-6-10(13-3)7-5-9/h4-7H,8H2,1-3H3. The van der Waals surface area contributed by atoms with Gasteiger partial charge in [0.25, 0.3) is 0 Å². The highest BCUT2D eigenvalue weighted by Gasteiger charge is 2.18. The number of rotatable bonds is 3. The Hall–Kier alpha value is -0.250. The Morgan fingerprint density at radius 1 is 1.23 bits per heavy atom. The van der Waals surface area contributed by atoms with E-state index in [2.05, 4.69) is 48.6 Å². The zero-order chi connectivity index (χ0) is 9.90. The maximum Gasteiger partial charge on any atom is 0.118 e. The van der Waals surface area contributed by atoms with E-state index in [0.29, 0.717) is 0 Å². The number of halogens is 1. The van der Waals surface area contributed by atoms with Gasteiger partial charge in [-0.25, -0.2) is 0 Å². The summed E-state index contributed by atoms with van der Waals surface area (Å²) in [6, 6.07) is 8.31. The SMILES string of the molecule is COc1ccc(C(C)(C)CI)cc1. The van der Waals surface area contributed by atoms with Crippen molar-refractivity contribution >= 4 is 22.6 Å². The first-order valence-electron chi connectivity index (χ1n) is 4.30. The molecule has 72 valence electrons. The smallest absolute Gasteiger partial charge is 0.118 e. The minimum absolute atomic E-state index is 0.257. The van der Waals surface area contributed by atoms with E-state index in [0.717, 1.165) is 10.2 Å². The number of benzene rings is 1. The Kier molecular flexibility index (Phi) is 3.59. The molecule has 13 heavy (non-hydrogen) atoms. The Labute approximate surface area is 93.6 Å². The zero-order valence-electron chi connectivity index (χ0n) is 8.30. The minimum Gasteiger partial charge on any atom is -0.497 e. The van der Waals surface area contributed by atoms with E-state index in [1.165, 1.54) is 5.56 Å². The predicted molar refractivity (Wildman–Crippen MR) is 64.9 cm³/mol. The summed E-state index contributed by atoms with van der Waals surface area (Å²) in [4.78, 5) is 0. The fourth-order valence-corrected chi connectivity index (χ4v) is 1.56. The molecule has 1 aromatic carbocycles. The first kappa shape index (κ1) is 10.8. The van der Waals surface area contributed by atoms with Crippen LogP contribution >= 0.6 is 22.6 Å². The van der Waals surface area contributed by atoms with Crippen molar-refractivity contribution in [3.05, 3.63) is 29.8 Å². The summed E-state index contributed by atoms with van der Waals surface area (Å²) >= 11 is 2.42. The van der Waals surface area contributed by atoms with Crippen molar-refractivity contribution in [1.82, 2.24) is 0 Å². The van der Waals surface area contributed by atoms with Crippen LogP contribution in [0, 0.1) is 0 Å². The lowest BCUT2D eigenvalue weighted by Crippen LogP contribution is -2.18. The number of ether oxygens (including phenoxy) is 1. The van der Waals surface area contributed by atoms with E-state index in [4.69, 9.17) is 4.74 Å². The summed E-state index contributed by atoms with van der Waals surface area (Å²) in [7, 11) is 1.69. The topological polar surface area (TPSA) is 9.23 Å². The molecule has 0 saturated carbocycles. The lowest BCUT2D eigenvalue weighted by Gasteiger charge is -2.22. The quantitative estimate of drug-likeness (QED) is 0.612. The minimum atomic E-state index is 0.257. The van der Waals surface area contributed by atoms with Crippen molar-refractivity contribution in [3.63, 3.8) is 0 Å². The second-order valence-corrected chi connectivity index (χ2v) is 4.51. The molecule has 0 amide bonds. The predicted octanol–water partition coefficient (Wildman–Crippen LogP) is 3.41. The number of hydrogen-bond donors (Lipinski definition) is 0. The van der Waals surface area contributed by atoms with Crippen molar-refractivity contribution < 1.29 is 4.74 Å². The van der Waals surface area contributed by atoms with Crippen LogP contribution in [0.2, 0.25) is 0 Å². The molecule has 1 nitrogen and oxygen atoms in total. The Morgan fingerprint density at radius 3 is 2.15 bits per heavy atom. The van der Waals surface area contributed by atoms with E-state index in [9.17, 15) is 0 Å². The van der Waals surface area contributed by atoms with E-state index >= 15 is 0 Å². The van der Waals surface area contributed by atoms with Gasteiger partial charge in [-0.2, -0.15) is 0 Å². The lowest BCUT2D eigenvalue weighted by atomic mass is 9.87. The van der Waals surface area contributed by atoms with Gasteiger partial charge in [-0.1, -0.05) is 48.6 Å². The molecule has 0 radical (unpaired) electrons. The Balaban J connectivity index is 2.92. The molecule has 0 aliphatic carbocycles. The number of methoxy groups -OCH3 is 1. The largest absolute Gasteiger partial charge is 0.497 e. The Morgan fingerprint density at radius 2 is 1.77 bits per heavy atom. The molecule has 0 atom stereocenters. The van der Waals surface area contributed by atoms with Crippen molar-refractivity contribution in [1.29, 1.82) is 0 Å². The van der Waals surface area contributed by atoms with Crippen molar-refractivity contribution in [2.75, 3.05) is 11.5 Å². The van der Waals surface area contributed by atoms with E-state index < -0.39 is 0 Å². The third-order valence-corrected chi connectivity index (χ3v) is 4.11. The summed E-state index contributed by atoms with van der Waals surface area (Å²) in [5.74, 6) is 0.924. The molecular weight excluding hydrogens is 275 g/mol. The molecule has 2 heteroatoms. The van der Waals surface area contributed by atoms with Crippen molar-refractivity contribution in [2.45, 2.75) is 19.3 Å².